The number of hydrogen-bond acceptors (Lipinski definition) is 6. The summed E-state index contributed by atoms with van der Waals surface area (Å²) in [5.41, 5.74) is 7.44. The molecule has 142 valence electrons. The van der Waals surface area contributed by atoms with Crippen LogP contribution in [-0.4, -0.2) is 47.2 Å². The van der Waals surface area contributed by atoms with Crippen LogP contribution < -0.4 is 16.4 Å². The molecule has 0 bridgehead atoms. The van der Waals surface area contributed by atoms with Crippen molar-refractivity contribution >= 4 is 29.3 Å². The Hall–Kier alpha value is -2.74. The molecule has 8 heteroatoms. The lowest BCUT2D eigenvalue weighted by Gasteiger charge is -2.31. The molecule has 4 N–H and O–H groups in total. The van der Waals surface area contributed by atoms with E-state index in [0.717, 1.165) is 23.4 Å². The third-order valence-electron chi connectivity index (χ3n) is 5.74. The van der Waals surface area contributed by atoms with Crippen LogP contribution in [0.1, 0.15) is 52.8 Å². The standard InChI is InChI=1S/C19H22N4O4/c20-14(10-2-1-3-10)9-21-11-4-5-12-13(8-11)19(27)23(18(12)26)15-6-7-16(24)22-17(15)25/h4-5,8,10,14-15,21H,1-3,6-7,9,20H2,(H,22,24,25). The third kappa shape index (κ3) is 3.10. The van der Waals surface area contributed by atoms with Crippen LogP contribution in [0, 0.1) is 5.92 Å². The number of amides is 4. The molecule has 8 nitrogen and oxygen atoms in total. The van der Waals surface area contributed by atoms with E-state index in [1.54, 1.807) is 18.2 Å². The highest BCUT2D eigenvalue weighted by Crippen LogP contribution is 2.31. The Morgan fingerprint density at radius 2 is 1.85 bits per heavy atom. The minimum Gasteiger partial charge on any atom is -0.383 e. The van der Waals surface area contributed by atoms with Gasteiger partial charge in [-0.05, 0) is 43.4 Å². The fourth-order valence-electron chi connectivity index (χ4n) is 3.85. The maximum atomic E-state index is 12.8. The monoisotopic (exact) mass is 370 g/mol. The zero-order valence-electron chi connectivity index (χ0n) is 14.9. The summed E-state index contributed by atoms with van der Waals surface area (Å²) in [6, 6.07) is 4.09. The van der Waals surface area contributed by atoms with Gasteiger partial charge in [-0.25, -0.2) is 0 Å². The van der Waals surface area contributed by atoms with Crippen LogP contribution in [0.5, 0.6) is 0 Å². The van der Waals surface area contributed by atoms with Crippen molar-refractivity contribution < 1.29 is 19.2 Å². The van der Waals surface area contributed by atoms with Crippen LogP contribution in [0.25, 0.3) is 0 Å². The molecule has 4 rings (SSSR count). The number of piperidine rings is 1. The van der Waals surface area contributed by atoms with Crippen molar-refractivity contribution in [2.75, 3.05) is 11.9 Å². The lowest BCUT2D eigenvalue weighted by molar-refractivity contribution is -0.136. The molecule has 1 saturated carbocycles. The highest BCUT2D eigenvalue weighted by Gasteiger charge is 2.44. The number of fused-ring (bicyclic) bond motifs is 1. The third-order valence-corrected chi connectivity index (χ3v) is 5.74. The van der Waals surface area contributed by atoms with Crippen molar-refractivity contribution in [1.82, 2.24) is 10.2 Å². The molecule has 1 aromatic carbocycles. The van der Waals surface area contributed by atoms with Crippen LogP contribution in [0.15, 0.2) is 18.2 Å². The summed E-state index contributed by atoms with van der Waals surface area (Å²) in [5, 5.41) is 5.43. The van der Waals surface area contributed by atoms with Gasteiger partial charge in [0.15, 0.2) is 0 Å². The molecule has 3 aliphatic rings. The largest absolute Gasteiger partial charge is 0.383 e. The number of imide groups is 2. The number of anilines is 1. The highest BCUT2D eigenvalue weighted by molar-refractivity contribution is 6.23. The predicted octanol–water partition coefficient (Wildman–Crippen LogP) is 0.627. The molecule has 2 atom stereocenters. The van der Waals surface area contributed by atoms with Gasteiger partial charge < -0.3 is 11.1 Å². The van der Waals surface area contributed by atoms with Crippen molar-refractivity contribution in [1.29, 1.82) is 0 Å². The fourth-order valence-corrected chi connectivity index (χ4v) is 3.85. The summed E-state index contributed by atoms with van der Waals surface area (Å²) in [6.07, 6.45) is 3.79. The number of carbonyl (C=O) groups is 4. The molecular weight excluding hydrogens is 348 g/mol. The first-order chi connectivity index (χ1) is 13.0. The summed E-state index contributed by atoms with van der Waals surface area (Å²) in [5.74, 6) is -1.45. The minimum atomic E-state index is -0.946. The first-order valence-corrected chi connectivity index (χ1v) is 9.31. The zero-order valence-corrected chi connectivity index (χ0v) is 14.9. The lowest BCUT2D eigenvalue weighted by Crippen LogP contribution is -2.54. The minimum absolute atomic E-state index is 0.0595. The highest BCUT2D eigenvalue weighted by atomic mass is 16.2. The second-order valence-corrected chi connectivity index (χ2v) is 7.44. The van der Waals surface area contributed by atoms with Crippen molar-refractivity contribution in [2.24, 2.45) is 11.7 Å². The van der Waals surface area contributed by atoms with Crippen LogP contribution >= 0.6 is 0 Å². The quantitative estimate of drug-likeness (QED) is 0.654. The van der Waals surface area contributed by atoms with E-state index >= 15 is 0 Å². The van der Waals surface area contributed by atoms with Gasteiger partial charge >= 0.3 is 0 Å². The molecule has 2 aliphatic heterocycles. The molecule has 4 amide bonds. The molecule has 1 saturated heterocycles. The number of nitrogens with one attached hydrogen (secondary N) is 2. The van der Waals surface area contributed by atoms with E-state index in [1.165, 1.54) is 6.42 Å². The van der Waals surface area contributed by atoms with Crippen LogP contribution in [0.2, 0.25) is 0 Å². The van der Waals surface area contributed by atoms with E-state index in [-0.39, 0.29) is 35.9 Å². The maximum Gasteiger partial charge on any atom is 0.262 e. The van der Waals surface area contributed by atoms with E-state index in [0.29, 0.717) is 12.5 Å². The predicted molar refractivity (Wildman–Crippen MR) is 96.9 cm³/mol. The molecule has 2 heterocycles. The van der Waals surface area contributed by atoms with Gasteiger partial charge in [-0.2, -0.15) is 0 Å². The van der Waals surface area contributed by atoms with E-state index in [4.69, 9.17) is 5.73 Å². The number of nitrogens with zero attached hydrogens (tertiary/aromatic N) is 1. The van der Waals surface area contributed by atoms with Gasteiger partial charge in [0.2, 0.25) is 11.8 Å². The van der Waals surface area contributed by atoms with Gasteiger partial charge in [0.05, 0.1) is 11.1 Å². The average molecular weight is 370 g/mol. The van der Waals surface area contributed by atoms with Gasteiger partial charge in [-0.3, -0.25) is 29.4 Å². The van der Waals surface area contributed by atoms with Gasteiger partial charge in [0.25, 0.3) is 11.8 Å². The Balaban J connectivity index is 1.49. The number of carbonyl (C=O) groups excluding carboxylic acids is 4. The zero-order chi connectivity index (χ0) is 19.1. The molecular formula is C19H22N4O4. The molecule has 0 spiro atoms. The van der Waals surface area contributed by atoms with E-state index < -0.39 is 23.8 Å². The smallest absolute Gasteiger partial charge is 0.262 e. The first-order valence-electron chi connectivity index (χ1n) is 9.31. The average Bonchev–Trinajstić information content (AvgIpc) is 2.83. The normalized spacial score (nSPS) is 23.7. The van der Waals surface area contributed by atoms with Crippen molar-refractivity contribution in [3.05, 3.63) is 29.3 Å². The van der Waals surface area contributed by atoms with Gasteiger partial charge in [0.1, 0.15) is 6.04 Å². The van der Waals surface area contributed by atoms with Crippen LogP contribution in [-0.2, 0) is 9.59 Å². The number of benzene rings is 1. The number of rotatable bonds is 5. The Bertz CT molecular complexity index is 833. The summed E-state index contributed by atoms with van der Waals surface area (Å²) >= 11 is 0. The fraction of sp³-hybridized carbons (Fsp3) is 0.474. The summed E-state index contributed by atoms with van der Waals surface area (Å²) in [7, 11) is 0. The van der Waals surface area contributed by atoms with Crippen LogP contribution in [0.4, 0.5) is 5.69 Å². The van der Waals surface area contributed by atoms with Crippen molar-refractivity contribution in [3.63, 3.8) is 0 Å². The summed E-state index contributed by atoms with van der Waals surface area (Å²) in [4.78, 5) is 49.8. The summed E-state index contributed by atoms with van der Waals surface area (Å²) < 4.78 is 0. The Morgan fingerprint density at radius 3 is 2.52 bits per heavy atom. The maximum absolute atomic E-state index is 12.8. The van der Waals surface area contributed by atoms with E-state index in [1.807, 2.05) is 0 Å². The SMILES string of the molecule is NC(CNc1ccc2c(c1)C(=O)N(C1CCC(=O)NC1=O)C2=O)C1CCC1. The van der Waals surface area contributed by atoms with Gasteiger partial charge in [0, 0.05) is 24.7 Å². The molecule has 27 heavy (non-hydrogen) atoms. The second kappa shape index (κ2) is 6.77. The van der Waals surface area contributed by atoms with E-state index in [2.05, 4.69) is 10.6 Å². The van der Waals surface area contributed by atoms with Crippen molar-refractivity contribution in [2.45, 2.75) is 44.2 Å². The molecule has 2 fully saturated rings. The number of hydrogen-bond donors (Lipinski definition) is 3. The Kier molecular flexibility index (Phi) is 4.43. The second-order valence-electron chi connectivity index (χ2n) is 7.44. The van der Waals surface area contributed by atoms with E-state index in [9.17, 15) is 19.2 Å². The topological polar surface area (TPSA) is 122 Å². The molecule has 1 aliphatic carbocycles. The molecule has 2 unspecified atom stereocenters. The first kappa shape index (κ1) is 17.7. The molecule has 0 radical (unpaired) electrons. The van der Waals surface area contributed by atoms with Gasteiger partial charge in [-0.15, -0.1) is 0 Å². The van der Waals surface area contributed by atoms with Crippen molar-refractivity contribution in [3.8, 4) is 0 Å². The Morgan fingerprint density at radius 1 is 1.11 bits per heavy atom. The number of nitrogens with two attached hydrogens (primary N) is 1. The van der Waals surface area contributed by atoms with Crippen LogP contribution in [0.3, 0.4) is 0 Å². The Labute approximate surface area is 156 Å². The lowest BCUT2D eigenvalue weighted by atomic mass is 9.80. The summed E-state index contributed by atoms with van der Waals surface area (Å²) in [6.45, 7) is 0.600. The molecule has 1 aromatic rings. The van der Waals surface area contributed by atoms with Gasteiger partial charge in [-0.1, -0.05) is 6.42 Å². The molecule has 0 aromatic heterocycles.